The van der Waals surface area contributed by atoms with E-state index >= 15 is 0 Å². The number of nitrogens with zero attached hydrogens (tertiary/aromatic N) is 1. The van der Waals surface area contributed by atoms with Crippen molar-refractivity contribution in [3.05, 3.63) is 67.1 Å². The molecule has 0 aliphatic carbocycles. The van der Waals surface area contributed by atoms with Crippen molar-refractivity contribution in [3.63, 3.8) is 0 Å². The third kappa shape index (κ3) is 3.64. The van der Waals surface area contributed by atoms with Gasteiger partial charge in [0, 0.05) is 22.7 Å². The van der Waals surface area contributed by atoms with Crippen LogP contribution in [0.15, 0.2) is 36.4 Å². The zero-order valence-corrected chi connectivity index (χ0v) is 12.5. The van der Waals surface area contributed by atoms with E-state index in [4.69, 9.17) is 34.8 Å². The molecule has 0 saturated carbocycles. The Bertz CT molecular complexity index is 694. The molecule has 1 N–H and O–H groups in total. The van der Waals surface area contributed by atoms with Gasteiger partial charge in [-0.3, -0.25) is 14.9 Å². The highest BCUT2D eigenvalue weighted by molar-refractivity contribution is 6.42. The SMILES string of the molecule is O=C(Nc1c(Cl)cc(Cl)cc1Cl)c1ccc([N+](=O)[O-])cc1. The van der Waals surface area contributed by atoms with Crippen LogP contribution in [-0.4, -0.2) is 10.8 Å². The molecule has 0 heterocycles. The maximum Gasteiger partial charge on any atom is 0.269 e. The standard InChI is InChI=1S/C13H7Cl3N2O3/c14-8-5-10(15)12(11(16)6-8)17-13(19)7-1-3-9(4-2-7)18(20)21/h1-6H,(H,17,19). The fourth-order valence-electron chi connectivity index (χ4n) is 1.58. The van der Waals surface area contributed by atoms with E-state index in [0.29, 0.717) is 5.02 Å². The largest absolute Gasteiger partial charge is 0.319 e. The molecule has 0 spiro atoms. The first kappa shape index (κ1) is 15.6. The highest BCUT2D eigenvalue weighted by atomic mass is 35.5. The minimum absolute atomic E-state index is 0.103. The Morgan fingerprint density at radius 1 is 1.05 bits per heavy atom. The van der Waals surface area contributed by atoms with Gasteiger partial charge in [0.1, 0.15) is 0 Å². The van der Waals surface area contributed by atoms with Gasteiger partial charge in [-0.15, -0.1) is 0 Å². The van der Waals surface area contributed by atoms with Gasteiger partial charge in [0.15, 0.2) is 0 Å². The van der Waals surface area contributed by atoms with Crippen molar-refractivity contribution in [2.24, 2.45) is 0 Å². The molecule has 0 saturated heterocycles. The lowest BCUT2D eigenvalue weighted by Gasteiger charge is -2.09. The summed E-state index contributed by atoms with van der Waals surface area (Å²) in [5.74, 6) is -0.490. The molecule has 2 rings (SSSR count). The van der Waals surface area contributed by atoms with Crippen LogP contribution in [0.3, 0.4) is 0 Å². The summed E-state index contributed by atoms with van der Waals surface area (Å²) in [4.78, 5) is 22.1. The molecule has 1 amide bonds. The number of nitro groups is 1. The maximum atomic E-state index is 12.1. The van der Waals surface area contributed by atoms with Crippen LogP contribution in [0.1, 0.15) is 10.4 Å². The van der Waals surface area contributed by atoms with Crippen molar-refractivity contribution in [3.8, 4) is 0 Å². The summed E-state index contributed by atoms with van der Waals surface area (Å²) in [6, 6.07) is 8.04. The normalized spacial score (nSPS) is 10.2. The van der Waals surface area contributed by atoms with Crippen LogP contribution in [0.5, 0.6) is 0 Å². The van der Waals surface area contributed by atoms with E-state index in [1.807, 2.05) is 0 Å². The van der Waals surface area contributed by atoms with E-state index < -0.39 is 10.8 Å². The summed E-state index contributed by atoms with van der Waals surface area (Å²) in [6.07, 6.45) is 0. The number of nitro benzene ring substituents is 1. The van der Waals surface area contributed by atoms with Crippen LogP contribution >= 0.6 is 34.8 Å². The second kappa shape index (κ2) is 6.30. The van der Waals surface area contributed by atoms with Crippen LogP contribution in [0.25, 0.3) is 0 Å². The highest BCUT2D eigenvalue weighted by Crippen LogP contribution is 2.33. The van der Waals surface area contributed by atoms with Crippen LogP contribution in [0.4, 0.5) is 11.4 Å². The second-order valence-electron chi connectivity index (χ2n) is 4.00. The summed E-state index contributed by atoms with van der Waals surface area (Å²) in [5, 5.41) is 13.8. The zero-order valence-electron chi connectivity index (χ0n) is 10.3. The Morgan fingerprint density at radius 3 is 2.05 bits per heavy atom. The number of halogens is 3. The number of carbonyl (C=O) groups excluding carboxylic acids is 1. The Kier molecular flexibility index (Phi) is 4.67. The fourth-order valence-corrected chi connectivity index (χ4v) is 2.49. The van der Waals surface area contributed by atoms with E-state index in [1.165, 1.54) is 36.4 Å². The molecular formula is C13H7Cl3N2O3. The van der Waals surface area contributed by atoms with Crippen molar-refractivity contribution in [1.29, 1.82) is 0 Å². The smallest absolute Gasteiger partial charge is 0.269 e. The highest BCUT2D eigenvalue weighted by Gasteiger charge is 2.14. The number of benzene rings is 2. The predicted molar refractivity (Wildman–Crippen MR) is 82.5 cm³/mol. The van der Waals surface area contributed by atoms with Gasteiger partial charge >= 0.3 is 0 Å². The predicted octanol–water partition coefficient (Wildman–Crippen LogP) is 4.81. The monoisotopic (exact) mass is 344 g/mol. The quantitative estimate of drug-likeness (QED) is 0.641. The van der Waals surface area contributed by atoms with Crippen molar-refractivity contribution < 1.29 is 9.72 Å². The van der Waals surface area contributed by atoms with Crippen molar-refractivity contribution in [2.45, 2.75) is 0 Å². The van der Waals surface area contributed by atoms with Gasteiger partial charge in [0.05, 0.1) is 20.7 Å². The number of hydrogen-bond donors (Lipinski definition) is 1. The number of amides is 1. The molecule has 0 radical (unpaired) electrons. The van der Waals surface area contributed by atoms with Gasteiger partial charge in [-0.25, -0.2) is 0 Å². The molecule has 0 atom stereocenters. The Hall–Kier alpha value is -1.82. The van der Waals surface area contributed by atoms with Gasteiger partial charge in [0.25, 0.3) is 11.6 Å². The van der Waals surface area contributed by atoms with E-state index in [1.54, 1.807) is 0 Å². The molecule has 21 heavy (non-hydrogen) atoms. The third-order valence-electron chi connectivity index (χ3n) is 2.59. The van der Waals surface area contributed by atoms with Crippen LogP contribution < -0.4 is 5.32 Å². The summed E-state index contributed by atoms with van der Waals surface area (Å²) in [6.45, 7) is 0. The van der Waals surface area contributed by atoms with Gasteiger partial charge < -0.3 is 5.32 Å². The van der Waals surface area contributed by atoms with Gasteiger partial charge in [-0.2, -0.15) is 0 Å². The molecule has 0 aliphatic heterocycles. The van der Waals surface area contributed by atoms with E-state index in [0.717, 1.165) is 0 Å². The lowest BCUT2D eigenvalue weighted by molar-refractivity contribution is -0.384. The minimum Gasteiger partial charge on any atom is -0.319 e. The van der Waals surface area contributed by atoms with Crippen LogP contribution in [0, 0.1) is 10.1 Å². The average Bonchev–Trinajstić information content (AvgIpc) is 2.42. The van der Waals surface area contributed by atoms with E-state index in [-0.39, 0.29) is 27.0 Å². The molecule has 0 aliphatic rings. The lowest BCUT2D eigenvalue weighted by Crippen LogP contribution is -2.12. The molecule has 108 valence electrons. The summed E-state index contributed by atoms with van der Waals surface area (Å²) < 4.78 is 0. The fraction of sp³-hybridized carbons (Fsp3) is 0. The van der Waals surface area contributed by atoms with Crippen molar-refractivity contribution >= 4 is 52.1 Å². The number of hydrogen-bond acceptors (Lipinski definition) is 3. The Labute approximate surface area is 134 Å². The molecule has 0 fully saturated rings. The molecular weight excluding hydrogens is 339 g/mol. The van der Waals surface area contributed by atoms with Gasteiger partial charge in [-0.05, 0) is 24.3 Å². The van der Waals surface area contributed by atoms with Crippen molar-refractivity contribution in [2.75, 3.05) is 5.32 Å². The number of anilines is 1. The number of non-ortho nitro benzene ring substituents is 1. The van der Waals surface area contributed by atoms with Crippen LogP contribution in [0.2, 0.25) is 15.1 Å². The van der Waals surface area contributed by atoms with Gasteiger partial charge in [-0.1, -0.05) is 34.8 Å². The third-order valence-corrected chi connectivity index (χ3v) is 3.40. The molecule has 8 heteroatoms. The second-order valence-corrected chi connectivity index (χ2v) is 5.25. The first-order valence-corrected chi connectivity index (χ1v) is 6.72. The van der Waals surface area contributed by atoms with Crippen molar-refractivity contribution in [1.82, 2.24) is 0 Å². The minimum atomic E-state index is -0.547. The summed E-state index contributed by atoms with van der Waals surface area (Å²) in [7, 11) is 0. The number of carbonyl (C=O) groups is 1. The van der Waals surface area contributed by atoms with E-state index in [2.05, 4.69) is 5.32 Å². The molecule has 0 bridgehead atoms. The molecule has 5 nitrogen and oxygen atoms in total. The molecule has 2 aromatic carbocycles. The Balaban J connectivity index is 2.24. The summed E-state index contributed by atoms with van der Waals surface area (Å²) >= 11 is 17.7. The number of rotatable bonds is 3. The van der Waals surface area contributed by atoms with Gasteiger partial charge in [0.2, 0.25) is 0 Å². The Morgan fingerprint density at radius 2 is 1.57 bits per heavy atom. The lowest BCUT2D eigenvalue weighted by atomic mass is 10.2. The van der Waals surface area contributed by atoms with E-state index in [9.17, 15) is 14.9 Å². The topological polar surface area (TPSA) is 72.2 Å². The maximum absolute atomic E-state index is 12.1. The molecule has 0 unspecified atom stereocenters. The summed E-state index contributed by atoms with van der Waals surface area (Å²) in [5.41, 5.74) is 0.364. The zero-order chi connectivity index (χ0) is 15.6. The van der Waals surface area contributed by atoms with Crippen LogP contribution in [-0.2, 0) is 0 Å². The first-order valence-electron chi connectivity index (χ1n) is 5.59. The molecule has 2 aromatic rings. The average molecular weight is 346 g/mol. The number of nitrogens with one attached hydrogen (secondary N) is 1. The molecule has 0 aromatic heterocycles. The first-order chi connectivity index (χ1) is 9.88.